The first kappa shape index (κ1) is 36.4. The van der Waals surface area contributed by atoms with E-state index in [-0.39, 0.29) is 60.8 Å². The van der Waals surface area contributed by atoms with Crippen molar-refractivity contribution in [2.24, 2.45) is 11.5 Å². The first-order valence-corrected chi connectivity index (χ1v) is 17.7. The predicted molar refractivity (Wildman–Crippen MR) is 203 cm³/mol. The highest BCUT2D eigenvalue weighted by atomic mass is 16.6. The third-order valence-corrected chi connectivity index (χ3v) is 9.16. The summed E-state index contributed by atoms with van der Waals surface area (Å²) in [5.74, 6) is -1.24. The van der Waals surface area contributed by atoms with Gasteiger partial charge in [0.25, 0.3) is 17.7 Å². The Morgan fingerprint density at radius 1 is 0.709 bits per heavy atom. The van der Waals surface area contributed by atoms with Gasteiger partial charge in [-0.05, 0) is 70.5 Å². The van der Waals surface area contributed by atoms with Crippen LogP contribution in [0.5, 0.6) is 11.5 Å². The van der Waals surface area contributed by atoms with E-state index in [1.807, 2.05) is 44.4 Å². The van der Waals surface area contributed by atoms with Gasteiger partial charge in [0.1, 0.15) is 30.1 Å². The number of primary amides is 2. The average molecular weight is 749 g/mol. The first-order chi connectivity index (χ1) is 26.4. The molecule has 0 aliphatic carbocycles. The first-order valence-electron chi connectivity index (χ1n) is 17.7. The second-order valence-electron chi connectivity index (χ2n) is 13.0. The lowest BCUT2D eigenvalue weighted by molar-refractivity contribution is 0.0984. The summed E-state index contributed by atoms with van der Waals surface area (Å²) >= 11 is 0. The quantitative estimate of drug-likeness (QED) is 0.133. The number of ether oxygens (including phenoxy) is 2. The van der Waals surface area contributed by atoms with E-state index < -0.39 is 23.6 Å². The molecule has 0 saturated carbocycles. The molecule has 18 heteroatoms. The van der Waals surface area contributed by atoms with E-state index in [1.54, 1.807) is 45.1 Å². The van der Waals surface area contributed by atoms with E-state index >= 15 is 0 Å². The van der Waals surface area contributed by atoms with Crippen LogP contribution in [0.25, 0.3) is 22.1 Å². The van der Waals surface area contributed by atoms with E-state index in [0.717, 1.165) is 5.56 Å². The van der Waals surface area contributed by atoms with Gasteiger partial charge in [0.15, 0.2) is 11.5 Å². The number of hydrogen-bond acceptors (Lipinski definition) is 10. The van der Waals surface area contributed by atoms with Gasteiger partial charge in [-0.2, -0.15) is 10.2 Å². The third-order valence-electron chi connectivity index (χ3n) is 9.16. The molecule has 6 N–H and O–H groups in total. The third kappa shape index (κ3) is 6.73. The zero-order valence-electron chi connectivity index (χ0n) is 31.0. The van der Waals surface area contributed by atoms with E-state index in [1.165, 1.54) is 6.07 Å². The smallest absolute Gasteiger partial charge is 0.276 e. The molecule has 0 unspecified atom stereocenters. The molecule has 0 bridgehead atoms. The molecule has 2 aromatic carbocycles. The SMILES string of the molecule is CCn1nc(C)cc1C(=O)Nc1nc2cc(C(N)=O)cc(C)c2n1C/C=C/Cn1c(NC(=O)c2cc(C)nn2CC)nc2cc(C(N)=O)c3c(c21)OCCO3. The highest BCUT2D eigenvalue weighted by Crippen LogP contribution is 2.42. The van der Waals surface area contributed by atoms with Crippen LogP contribution in [-0.2, 0) is 26.2 Å². The van der Waals surface area contributed by atoms with E-state index in [4.69, 9.17) is 30.9 Å². The Kier molecular flexibility index (Phi) is 9.56. The van der Waals surface area contributed by atoms with Crippen LogP contribution in [0.1, 0.15) is 72.5 Å². The number of fused-ring (bicyclic) bond motifs is 4. The van der Waals surface area contributed by atoms with Crippen molar-refractivity contribution >= 4 is 57.6 Å². The maximum absolute atomic E-state index is 13.6. The maximum Gasteiger partial charge on any atom is 0.276 e. The van der Waals surface area contributed by atoms with Gasteiger partial charge in [-0.1, -0.05) is 12.2 Å². The van der Waals surface area contributed by atoms with E-state index in [2.05, 4.69) is 20.8 Å². The number of aromatic nitrogens is 8. The molecule has 55 heavy (non-hydrogen) atoms. The van der Waals surface area contributed by atoms with Gasteiger partial charge in [0, 0.05) is 31.7 Å². The van der Waals surface area contributed by atoms with E-state index in [9.17, 15) is 19.2 Å². The van der Waals surface area contributed by atoms with Crippen LogP contribution in [0, 0.1) is 20.8 Å². The van der Waals surface area contributed by atoms with E-state index in [0.29, 0.717) is 57.9 Å². The molecule has 1 aliphatic rings. The number of benzene rings is 2. The number of imidazole rings is 2. The lowest BCUT2D eigenvalue weighted by Gasteiger charge is -2.21. The molecule has 5 heterocycles. The minimum Gasteiger partial charge on any atom is -0.485 e. The fourth-order valence-electron chi connectivity index (χ4n) is 6.79. The lowest BCUT2D eigenvalue weighted by Crippen LogP contribution is -2.21. The Morgan fingerprint density at radius 3 is 1.73 bits per heavy atom. The zero-order valence-corrected chi connectivity index (χ0v) is 31.0. The molecule has 0 spiro atoms. The second kappa shape index (κ2) is 14.4. The van der Waals surface area contributed by atoms with Crippen LogP contribution >= 0.6 is 0 Å². The normalized spacial score (nSPS) is 12.5. The minimum atomic E-state index is -0.714. The Bertz CT molecular complexity index is 2570. The van der Waals surface area contributed by atoms with Crippen LogP contribution in [-0.4, -0.2) is 75.5 Å². The topological polar surface area (TPSA) is 234 Å². The second-order valence-corrected chi connectivity index (χ2v) is 13.0. The zero-order chi connectivity index (χ0) is 39.1. The number of carbonyl (C=O) groups excluding carboxylic acids is 4. The van der Waals surface area contributed by atoms with Gasteiger partial charge >= 0.3 is 0 Å². The van der Waals surface area contributed by atoms with Crippen molar-refractivity contribution in [3.63, 3.8) is 0 Å². The van der Waals surface area contributed by atoms with Gasteiger partial charge in [-0.25, -0.2) is 9.97 Å². The van der Waals surface area contributed by atoms with Crippen LogP contribution < -0.4 is 31.6 Å². The van der Waals surface area contributed by atoms with Crippen molar-refractivity contribution < 1.29 is 28.7 Å². The van der Waals surface area contributed by atoms with Crippen LogP contribution in [0.4, 0.5) is 11.9 Å². The molecule has 0 fully saturated rings. The summed E-state index contributed by atoms with van der Waals surface area (Å²) in [6.07, 6.45) is 3.72. The van der Waals surface area contributed by atoms with Crippen molar-refractivity contribution in [2.75, 3.05) is 23.8 Å². The molecule has 0 radical (unpaired) electrons. The van der Waals surface area contributed by atoms with Crippen molar-refractivity contribution in [1.82, 2.24) is 38.7 Å². The number of allylic oxidation sites excluding steroid dienone is 2. The van der Waals surface area contributed by atoms with Crippen molar-refractivity contribution in [1.29, 1.82) is 0 Å². The summed E-state index contributed by atoms with van der Waals surface area (Å²) in [5, 5.41) is 14.6. The summed E-state index contributed by atoms with van der Waals surface area (Å²) in [5.41, 5.74) is 16.5. The molecule has 18 nitrogen and oxygen atoms in total. The van der Waals surface area contributed by atoms with Gasteiger partial charge in [-0.3, -0.25) is 39.2 Å². The summed E-state index contributed by atoms with van der Waals surface area (Å²) in [6.45, 7) is 11.1. The number of anilines is 2. The molecule has 1 aliphatic heterocycles. The molecular weight excluding hydrogens is 708 g/mol. The lowest BCUT2D eigenvalue weighted by atomic mass is 10.1. The molecule has 7 rings (SSSR count). The summed E-state index contributed by atoms with van der Waals surface area (Å²) in [7, 11) is 0. The Hall–Kier alpha value is -6.98. The molecule has 4 amide bonds. The number of nitrogens with two attached hydrogens (primary N) is 2. The Balaban J connectivity index is 1.27. The molecule has 6 aromatic rings. The van der Waals surface area contributed by atoms with Gasteiger partial charge in [0.05, 0.1) is 33.5 Å². The highest BCUT2D eigenvalue weighted by Gasteiger charge is 2.28. The number of nitrogens with one attached hydrogen (secondary N) is 2. The summed E-state index contributed by atoms with van der Waals surface area (Å²) in [4.78, 5) is 61.1. The van der Waals surface area contributed by atoms with Gasteiger partial charge < -0.3 is 30.1 Å². The number of amides is 4. The standard InChI is InChI=1S/C37H40N12O6/c1-6-48-26(15-20(4)44-48)34(52)42-36-40-24-17-22(32(38)50)14-19(3)28(24)46(36)10-8-9-11-47-29-25(18-23(33(39)51)30-31(29)55-13-12-54-30)41-37(47)43-35(53)27-16-21(5)45-49(27)7-2/h8-9,14-18H,6-7,10-13H2,1-5H3,(H2,38,50)(H2,39,51)(H,40,42,52)(H,41,43,53)/b9-8+. The molecule has 284 valence electrons. The number of hydrogen-bond donors (Lipinski definition) is 4. The van der Waals surface area contributed by atoms with Crippen molar-refractivity contribution in [3.8, 4) is 11.5 Å². The highest BCUT2D eigenvalue weighted by molar-refractivity contribution is 6.06. The fourth-order valence-corrected chi connectivity index (χ4v) is 6.79. The fraction of sp³-hybridized carbons (Fsp3) is 0.297. The van der Waals surface area contributed by atoms with Gasteiger partial charge in [-0.15, -0.1) is 0 Å². The van der Waals surface area contributed by atoms with Gasteiger partial charge in [0.2, 0.25) is 17.8 Å². The number of rotatable bonds is 12. The maximum atomic E-state index is 13.6. The molecule has 0 atom stereocenters. The monoisotopic (exact) mass is 748 g/mol. The molecule has 4 aromatic heterocycles. The summed E-state index contributed by atoms with van der Waals surface area (Å²) < 4.78 is 18.7. The summed E-state index contributed by atoms with van der Waals surface area (Å²) in [6, 6.07) is 8.17. The number of carbonyl (C=O) groups is 4. The number of aryl methyl sites for hydroxylation is 5. The van der Waals surface area contributed by atoms with Crippen LogP contribution in [0.15, 0.2) is 42.5 Å². The number of nitrogens with zero attached hydrogens (tertiary/aromatic N) is 8. The molecule has 0 saturated heterocycles. The van der Waals surface area contributed by atoms with Crippen LogP contribution in [0.3, 0.4) is 0 Å². The Morgan fingerprint density at radius 2 is 1.22 bits per heavy atom. The van der Waals surface area contributed by atoms with Crippen LogP contribution in [0.2, 0.25) is 0 Å². The predicted octanol–water partition coefficient (Wildman–Crippen LogP) is 3.47. The largest absolute Gasteiger partial charge is 0.485 e. The average Bonchev–Trinajstić information content (AvgIpc) is 3.92. The molecular formula is C37H40N12O6. The Labute approximate surface area is 314 Å². The minimum absolute atomic E-state index is 0.105. The van der Waals surface area contributed by atoms with Crippen molar-refractivity contribution in [3.05, 3.63) is 81.9 Å². The van der Waals surface area contributed by atoms with Crippen molar-refractivity contribution in [2.45, 2.75) is 60.8 Å².